The Morgan fingerprint density at radius 3 is 2.57 bits per heavy atom. The van der Waals surface area contributed by atoms with Crippen LogP contribution in [0.5, 0.6) is 5.75 Å². The van der Waals surface area contributed by atoms with Crippen molar-refractivity contribution in [1.82, 2.24) is 14.6 Å². The molecule has 250 valence electrons. The number of hydrogen-bond donors (Lipinski definition) is 1. The second-order valence-corrected chi connectivity index (χ2v) is 14.5. The van der Waals surface area contributed by atoms with Crippen LogP contribution in [0.15, 0.2) is 48.5 Å². The molecular formula is C37H45ClN4O5. The Hall–Kier alpha value is -3.66. The van der Waals surface area contributed by atoms with Gasteiger partial charge in [0.1, 0.15) is 11.6 Å². The summed E-state index contributed by atoms with van der Waals surface area (Å²) in [6, 6.07) is 15.9. The lowest BCUT2D eigenvalue weighted by Crippen LogP contribution is -2.46. The summed E-state index contributed by atoms with van der Waals surface area (Å²) in [6.45, 7) is 13.8. The van der Waals surface area contributed by atoms with Crippen LogP contribution in [0.25, 0.3) is 28.0 Å². The van der Waals surface area contributed by atoms with E-state index in [1.807, 2.05) is 64.1 Å². The SMILES string of the molecule is Cc1nc2cc3nn2c(c1C(OC(C)(C)C)C(=O)O)N1CCC(C)(CC1)OCCCCC(C)Oc1cc(Cl)ccc1-c1cccc-3c1. The maximum atomic E-state index is 12.8. The molecule has 3 aliphatic heterocycles. The van der Waals surface area contributed by atoms with Crippen molar-refractivity contribution < 1.29 is 24.1 Å². The molecule has 0 saturated carbocycles. The number of halogens is 1. The van der Waals surface area contributed by atoms with Crippen LogP contribution in [0.3, 0.4) is 0 Å². The number of hydrogen-bond acceptors (Lipinski definition) is 7. The molecule has 2 atom stereocenters. The van der Waals surface area contributed by atoms with Crippen molar-refractivity contribution in [3.63, 3.8) is 0 Å². The zero-order valence-corrected chi connectivity index (χ0v) is 28.9. The Morgan fingerprint density at radius 2 is 1.85 bits per heavy atom. The van der Waals surface area contributed by atoms with E-state index in [0.29, 0.717) is 47.4 Å². The van der Waals surface area contributed by atoms with Crippen molar-refractivity contribution in [2.45, 2.75) is 97.1 Å². The van der Waals surface area contributed by atoms with Gasteiger partial charge in [-0.2, -0.15) is 9.61 Å². The van der Waals surface area contributed by atoms with Crippen LogP contribution in [0, 0.1) is 6.92 Å². The lowest BCUT2D eigenvalue weighted by molar-refractivity contribution is -0.160. The summed E-state index contributed by atoms with van der Waals surface area (Å²) in [7, 11) is 0. The number of nitrogens with zero attached hydrogens (tertiary/aromatic N) is 4. The summed E-state index contributed by atoms with van der Waals surface area (Å²) >= 11 is 6.44. The molecule has 1 N–H and O–H groups in total. The molecule has 1 saturated heterocycles. The molecule has 2 unspecified atom stereocenters. The average Bonchev–Trinajstić information content (AvgIpc) is 3.43. The first-order chi connectivity index (χ1) is 22.3. The van der Waals surface area contributed by atoms with Crippen LogP contribution >= 0.6 is 11.6 Å². The first kappa shape index (κ1) is 33.2. The molecule has 0 radical (unpaired) electrons. The Morgan fingerprint density at radius 1 is 1.11 bits per heavy atom. The van der Waals surface area contributed by atoms with E-state index in [0.717, 1.165) is 60.2 Å². The van der Waals surface area contributed by atoms with Gasteiger partial charge in [0.15, 0.2) is 11.8 Å². The number of aromatic nitrogens is 3. The van der Waals surface area contributed by atoms with Crippen molar-refractivity contribution in [3.8, 4) is 28.1 Å². The van der Waals surface area contributed by atoms with Gasteiger partial charge in [0.25, 0.3) is 0 Å². The number of fused-ring (bicyclic) bond motifs is 8. The quantitative estimate of drug-likeness (QED) is 0.234. The third-order valence-electron chi connectivity index (χ3n) is 9.08. The molecule has 3 aliphatic rings. The largest absolute Gasteiger partial charge is 0.490 e. The van der Waals surface area contributed by atoms with Gasteiger partial charge in [-0.25, -0.2) is 9.78 Å². The number of carbonyl (C=O) groups is 1. The van der Waals surface area contributed by atoms with Gasteiger partial charge in [0, 0.05) is 47.6 Å². The minimum Gasteiger partial charge on any atom is -0.490 e. The fraction of sp³-hybridized carbons (Fsp3) is 0.486. The highest BCUT2D eigenvalue weighted by Gasteiger charge is 2.38. The van der Waals surface area contributed by atoms with Crippen LogP contribution in [-0.2, 0) is 14.3 Å². The lowest BCUT2D eigenvalue weighted by Gasteiger charge is -2.41. The van der Waals surface area contributed by atoms with Gasteiger partial charge in [-0.1, -0.05) is 29.8 Å². The predicted octanol–water partition coefficient (Wildman–Crippen LogP) is 8.29. The van der Waals surface area contributed by atoms with Gasteiger partial charge in [0.2, 0.25) is 0 Å². The fourth-order valence-electron chi connectivity index (χ4n) is 6.60. The normalized spacial score (nSPS) is 21.3. The molecule has 5 heterocycles. The number of anilines is 1. The molecule has 10 heteroatoms. The molecule has 4 aromatic rings. The Balaban J connectivity index is 1.53. The third kappa shape index (κ3) is 7.27. The van der Waals surface area contributed by atoms with Crippen LogP contribution in [-0.4, -0.2) is 62.7 Å². The zero-order chi connectivity index (χ0) is 33.5. The molecule has 2 aromatic heterocycles. The van der Waals surface area contributed by atoms with Crippen molar-refractivity contribution in [3.05, 3.63) is 64.8 Å². The highest BCUT2D eigenvalue weighted by atomic mass is 35.5. The number of piperidine rings is 1. The third-order valence-corrected chi connectivity index (χ3v) is 9.31. The van der Waals surface area contributed by atoms with Crippen LogP contribution in [0.4, 0.5) is 5.82 Å². The fourth-order valence-corrected chi connectivity index (χ4v) is 6.76. The molecule has 47 heavy (non-hydrogen) atoms. The Kier molecular flexibility index (Phi) is 9.26. The highest BCUT2D eigenvalue weighted by molar-refractivity contribution is 6.30. The van der Waals surface area contributed by atoms with Crippen molar-refractivity contribution in [2.75, 3.05) is 24.6 Å². The minimum atomic E-state index is -1.22. The first-order valence-corrected chi connectivity index (χ1v) is 16.9. The van der Waals surface area contributed by atoms with Crippen LogP contribution in [0.2, 0.25) is 5.02 Å². The number of aryl methyl sites for hydroxylation is 1. The van der Waals surface area contributed by atoms with E-state index in [2.05, 4.69) is 30.9 Å². The van der Waals surface area contributed by atoms with Gasteiger partial charge in [-0.15, -0.1) is 0 Å². The number of rotatable bonds is 3. The molecule has 0 aliphatic carbocycles. The molecule has 0 spiro atoms. The smallest absolute Gasteiger partial charge is 0.337 e. The topological polar surface area (TPSA) is 98.4 Å². The summed E-state index contributed by atoms with van der Waals surface area (Å²) < 4.78 is 21.0. The average molecular weight is 661 g/mol. The van der Waals surface area contributed by atoms with Gasteiger partial charge in [-0.3, -0.25) is 0 Å². The lowest BCUT2D eigenvalue weighted by atomic mass is 9.92. The number of carboxylic acids is 1. The summed E-state index contributed by atoms with van der Waals surface area (Å²) in [4.78, 5) is 19.9. The van der Waals surface area contributed by atoms with E-state index in [9.17, 15) is 9.90 Å². The van der Waals surface area contributed by atoms with Gasteiger partial charge < -0.3 is 24.2 Å². The highest BCUT2D eigenvalue weighted by Crippen LogP contribution is 2.40. The summed E-state index contributed by atoms with van der Waals surface area (Å²) in [5, 5.41) is 16.2. The summed E-state index contributed by atoms with van der Waals surface area (Å²) in [5.41, 5.74) is 4.34. The van der Waals surface area contributed by atoms with Crippen LogP contribution in [0.1, 0.15) is 84.1 Å². The number of benzene rings is 2. The first-order valence-electron chi connectivity index (χ1n) is 16.6. The van der Waals surface area contributed by atoms with E-state index in [-0.39, 0.29) is 11.7 Å². The summed E-state index contributed by atoms with van der Waals surface area (Å²) in [5.74, 6) is 0.376. The van der Waals surface area contributed by atoms with E-state index < -0.39 is 17.7 Å². The van der Waals surface area contributed by atoms with E-state index in [1.54, 1.807) is 4.52 Å². The predicted molar refractivity (Wildman–Crippen MR) is 185 cm³/mol. The van der Waals surface area contributed by atoms with E-state index >= 15 is 0 Å². The summed E-state index contributed by atoms with van der Waals surface area (Å²) in [6.07, 6.45) is 3.19. The van der Waals surface area contributed by atoms with Gasteiger partial charge >= 0.3 is 5.97 Å². The maximum Gasteiger partial charge on any atom is 0.337 e. The van der Waals surface area contributed by atoms with E-state index in [4.69, 9.17) is 35.9 Å². The zero-order valence-electron chi connectivity index (χ0n) is 28.2. The minimum absolute atomic E-state index is 0.0112. The Bertz CT molecular complexity index is 1770. The molecule has 1 fully saturated rings. The van der Waals surface area contributed by atoms with Crippen molar-refractivity contribution in [1.29, 1.82) is 0 Å². The number of carboxylic acid groups (broad SMARTS) is 1. The molecule has 0 amide bonds. The second kappa shape index (κ2) is 13.1. The standard InChI is InChI=1S/C37H45ClN4O5/c1-23-10-7-8-19-45-37(6)15-17-41(18-16-37)34-32(33(35(43)44)47-36(3,4)5)24(2)39-31-22-29(40-42(31)34)26-12-9-11-25(20-26)28-14-13-27(38)21-30(28)46-23/h9,11-14,20-23,33H,7-8,10,15-19H2,1-6H3,(H,43,44). The van der Waals surface area contributed by atoms with Gasteiger partial charge in [0.05, 0.1) is 28.6 Å². The van der Waals surface area contributed by atoms with Gasteiger partial charge in [-0.05, 0) is 103 Å². The van der Waals surface area contributed by atoms with Crippen LogP contribution < -0.4 is 9.64 Å². The molecule has 2 aromatic carbocycles. The van der Waals surface area contributed by atoms with E-state index in [1.165, 1.54) is 0 Å². The number of aliphatic carboxylic acids is 1. The maximum absolute atomic E-state index is 12.8. The van der Waals surface area contributed by atoms with Crippen molar-refractivity contribution in [2.24, 2.45) is 0 Å². The number of ether oxygens (including phenoxy) is 3. The monoisotopic (exact) mass is 660 g/mol. The molecule has 7 rings (SSSR count). The van der Waals surface area contributed by atoms with Crippen molar-refractivity contribution >= 4 is 29.0 Å². The Labute approximate surface area is 281 Å². The second-order valence-electron chi connectivity index (χ2n) is 14.1. The molecule has 6 bridgehead atoms. The molecule has 9 nitrogen and oxygen atoms in total. The molecular weight excluding hydrogens is 616 g/mol.